The van der Waals surface area contributed by atoms with E-state index in [1.54, 1.807) is 13.3 Å². The molecule has 0 fully saturated rings. The number of aromatic amines is 1. The van der Waals surface area contributed by atoms with Crippen molar-refractivity contribution in [1.82, 2.24) is 9.97 Å². The molecule has 0 spiro atoms. The number of nitrogens with zero attached hydrogens (tertiary/aromatic N) is 2. The summed E-state index contributed by atoms with van der Waals surface area (Å²) >= 11 is 0. The van der Waals surface area contributed by atoms with Gasteiger partial charge in [0.15, 0.2) is 0 Å². The van der Waals surface area contributed by atoms with E-state index in [0.29, 0.717) is 5.95 Å². The number of aromatic nitrogens is 2. The van der Waals surface area contributed by atoms with Crippen LogP contribution in [0.3, 0.4) is 0 Å². The maximum atomic E-state index is 5.10. The van der Waals surface area contributed by atoms with Crippen LogP contribution in [0.25, 0.3) is 11.0 Å². The molecule has 5 nitrogen and oxygen atoms in total. The van der Waals surface area contributed by atoms with Crippen molar-refractivity contribution in [3.63, 3.8) is 0 Å². The lowest BCUT2D eigenvalue weighted by Crippen LogP contribution is -1.92. The first-order valence-electron chi connectivity index (χ1n) is 6.23. The Kier molecular flexibility index (Phi) is 3.33. The van der Waals surface area contributed by atoms with E-state index in [2.05, 4.69) is 20.5 Å². The van der Waals surface area contributed by atoms with Gasteiger partial charge in [-0.05, 0) is 42.0 Å². The molecular formula is C15H14N4O. The molecule has 0 unspecified atom stereocenters. The molecule has 0 radical (unpaired) electrons. The second-order valence-electron chi connectivity index (χ2n) is 4.25. The van der Waals surface area contributed by atoms with Gasteiger partial charge in [-0.15, -0.1) is 0 Å². The predicted octanol–water partition coefficient (Wildman–Crippen LogP) is 3.02. The standard InChI is InChI=1S/C15H14N4O/c1-20-12-8-6-11(7-9-12)10-16-19-15-17-13-4-2-3-5-14(13)18-15/h2-10H,1H3,(H2,17,18,19). The van der Waals surface area contributed by atoms with E-state index in [0.717, 1.165) is 22.3 Å². The van der Waals surface area contributed by atoms with Crippen LogP contribution in [0.2, 0.25) is 0 Å². The minimum Gasteiger partial charge on any atom is -0.497 e. The third-order valence-corrected chi connectivity index (χ3v) is 2.89. The van der Waals surface area contributed by atoms with Crippen molar-refractivity contribution in [2.75, 3.05) is 12.5 Å². The quantitative estimate of drug-likeness (QED) is 0.563. The Bertz CT molecular complexity index is 698. The molecule has 100 valence electrons. The summed E-state index contributed by atoms with van der Waals surface area (Å²) in [6.45, 7) is 0. The number of rotatable bonds is 4. The second-order valence-corrected chi connectivity index (χ2v) is 4.25. The Balaban J connectivity index is 1.69. The normalized spacial score (nSPS) is 11.1. The number of H-pyrrole nitrogens is 1. The summed E-state index contributed by atoms with van der Waals surface area (Å²) in [6.07, 6.45) is 1.73. The summed E-state index contributed by atoms with van der Waals surface area (Å²) in [4.78, 5) is 7.51. The zero-order valence-corrected chi connectivity index (χ0v) is 11.0. The van der Waals surface area contributed by atoms with E-state index >= 15 is 0 Å². The summed E-state index contributed by atoms with van der Waals surface area (Å²) in [5.41, 5.74) is 5.76. The molecule has 20 heavy (non-hydrogen) atoms. The summed E-state index contributed by atoms with van der Waals surface area (Å²) in [5.74, 6) is 1.45. The minimum absolute atomic E-state index is 0.621. The van der Waals surface area contributed by atoms with Gasteiger partial charge in [-0.3, -0.25) is 0 Å². The van der Waals surface area contributed by atoms with E-state index in [1.165, 1.54) is 0 Å². The molecule has 5 heteroatoms. The summed E-state index contributed by atoms with van der Waals surface area (Å²) in [5, 5.41) is 4.15. The fraction of sp³-hybridized carbons (Fsp3) is 0.0667. The summed E-state index contributed by atoms with van der Waals surface area (Å²) < 4.78 is 5.10. The Morgan fingerprint density at radius 2 is 1.95 bits per heavy atom. The van der Waals surface area contributed by atoms with Gasteiger partial charge in [0, 0.05) is 0 Å². The molecule has 1 aromatic heterocycles. The number of para-hydroxylation sites is 2. The predicted molar refractivity (Wildman–Crippen MR) is 80.3 cm³/mol. The molecule has 3 aromatic rings. The SMILES string of the molecule is COc1ccc(C=NNc2nc3ccccc3[nH]2)cc1. The van der Waals surface area contributed by atoms with Crippen LogP contribution in [0.5, 0.6) is 5.75 Å². The minimum atomic E-state index is 0.621. The van der Waals surface area contributed by atoms with Crippen LogP contribution in [-0.2, 0) is 0 Å². The van der Waals surface area contributed by atoms with Gasteiger partial charge >= 0.3 is 0 Å². The Labute approximate surface area is 116 Å². The first-order chi connectivity index (χ1) is 9.85. The van der Waals surface area contributed by atoms with E-state index in [-0.39, 0.29) is 0 Å². The highest BCUT2D eigenvalue weighted by molar-refractivity contribution is 5.81. The smallest absolute Gasteiger partial charge is 0.222 e. The van der Waals surface area contributed by atoms with E-state index in [4.69, 9.17) is 4.74 Å². The number of anilines is 1. The van der Waals surface area contributed by atoms with Crippen molar-refractivity contribution in [3.05, 3.63) is 54.1 Å². The second kappa shape index (κ2) is 5.44. The van der Waals surface area contributed by atoms with Crippen LogP contribution in [-0.4, -0.2) is 23.3 Å². The maximum absolute atomic E-state index is 5.10. The monoisotopic (exact) mass is 266 g/mol. The molecule has 3 rings (SSSR count). The van der Waals surface area contributed by atoms with Crippen LogP contribution in [0.15, 0.2) is 53.6 Å². The number of nitrogens with one attached hydrogen (secondary N) is 2. The number of hydrazone groups is 1. The molecular weight excluding hydrogens is 252 g/mol. The van der Waals surface area contributed by atoms with Gasteiger partial charge in [0.1, 0.15) is 5.75 Å². The number of hydrogen-bond acceptors (Lipinski definition) is 4. The number of hydrogen-bond donors (Lipinski definition) is 2. The number of ether oxygens (including phenoxy) is 1. The van der Waals surface area contributed by atoms with Gasteiger partial charge < -0.3 is 9.72 Å². The molecule has 0 saturated heterocycles. The molecule has 0 atom stereocenters. The highest BCUT2D eigenvalue weighted by Gasteiger charge is 1.99. The zero-order valence-electron chi connectivity index (χ0n) is 11.0. The lowest BCUT2D eigenvalue weighted by Gasteiger charge is -1.98. The van der Waals surface area contributed by atoms with Crippen LogP contribution >= 0.6 is 0 Å². The average Bonchev–Trinajstić information content (AvgIpc) is 2.90. The van der Waals surface area contributed by atoms with Gasteiger partial charge in [-0.1, -0.05) is 12.1 Å². The van der Waals surface area contributed by atoms with Crippen molar-refractivity contribution in [2.45, 2.75) is 0 Å². The van der Waals surface area contributed by atoms with E-state index in [9.17, 15) is 0 Å². The van der Waals surface area contributed by atoms with Crippen molar-refractivity contribution in [3.8, 4) is 5.75 Å². The Morgan fingerprint density at radius 1 is 1.15 bits per heavy atom. The van der Waals surface area contributed by atoms with Crippen LogP contribution in [0.4, 0.5) is 5.95 Å². The van der Waals surface area contributed by atoms with Crippen molar-refractivity contribution < 1.29 is 4.74 Å². The first kappa shape index (κ1) is 12.2. The molecule has 0 aliphatic carbocycles. The number of imidazole rings is 1. The molecule has 1 heterocycles. The van der Waals surface area contributed by atoms with Gasteiger partial charge in [0.25, 0.3) is 0 Å². The van der Waals surface area contributed by atoms with Crippen molar-refractivity contribution in [1.29, 1.82) is 0 Å². The fourth-order valence-corrected chi connectivity index (χ4v) is 1.86. The molecule has 2 aromatic carbocycles. The topological polar surface area (TPSA) is 62.3 Å². The number of fused-ring (bicyclic) bond motifs is 1. The molecule has 0 amide bonds. The molecule has 0 aliphatic rings. The Hall–Kier alpha value is -2.82. The molecule has 0 bridgehead atoms. The van der Waals surface area contributed by atoms with Crippen LogP contribution in [0.1, 0.15) is 5.56 Å². The molecule has 0 aliphatic heterocycles. The highest BCUT2D eigenvalue weighted by atomic mass is 16.5. The number of benzene rings is 2. The van der Waals surface area contributed by atoms with Crippen molar-refractivity contribution >= 4 is 23.2 Å². The van der Waals surface area contributed by atoms with Gasteiger partial charge in [0.05, 0.1) is 24.4 Å². The van der Waals surface area contributed by atoms with Crippen molar-refractivity contribution in [2.24, 2.45) is 5.10 Å². The molecule has 0 saturated carbocycles. The summed E-state index contributed by atoms with van der Waals surface area (Å²) in [6, 6.07) is 15.5. The van der Waals surface area contributed by atoms with Gasteiger partial charge in [0.2, 0.25) is 5.95 Å². The third kappa shape index (κ3) is 2.61. The molecule has 2 N–H and O–H groups in total. The van der Waals surface area contributed by atoms with E-state index in [1.807, 2.05) is 48.5 Å². The maximum Gasteiger partial charge on any atom is 0.222 e. The first-order valence-corrected chi connectivity index (χ1v) is 6.23. The van der Waals surface area contributed by atoms with Gasteiger partial charge in [-0.2, -0.15) is 5.10 Å². The van der Waals surface area contributed by atoms with Crippen LogP contribution in [0, 0.1) is 0 Å². The summed E-state index contributed by atoms with van der Waals surface area (Å²) in [7, 11) is 1.65. The third-order valence-electron chi connectivity index (χ3n) is 2.89. The van der Waals surface area contributed by atoms with Gasteiger partial charge in [-0.25, -0.2) is 10.4 Å². The largest absolute Gasteiger partial charge is 0.497 e. The zero-order chi connectivity index (χ0) is 13.8. The average molecular weight is 266 g/mol. The number of methoxy groups -OCH3 is 1. The highest BCUT2D eigenvalue weighted by Crippen LogP contribution is 2.13. The van der Waals surface area contributed by atoms with E-state index < -0.39 is 0 Å². The van der Waals surface area contributed by atoms with Crippen LogP contribution < -0.4 is 10.2 Å². The lowest BCUT2D eigenvalue weighted by atomic mass is 10.2. The fourth-order valence-electron chi connectivity index (χ4n) is 1.86. The Morgan fingerprint density at radius 3 is 2.70 bits per heavy atom. The lowest BCUT2D eigenvalue weighted by molar-refractivity contribution is 0.415.